The number of rotatable bonds is 6. The van der Waals surface area contributed by atoms with Crippen LogP contribution in [0.3, 0.4) is 0 Å². The van der Waals surface area contributed by atoms with Gasteiger partial charge in [0.25, 0.3) is 0 Å². The number of para-hydroxylation sites is 3. The van der Waals surface area contributed by atoms with Gasteiger partial charge in [-0.3, -0.25) is 0 Å². The molecule has 0 bridgehead atoms. The highest BCUT2D eigenvalue weighted by Gasteiger charge is 2.19. The summed E-state index contributed by atoms with van der Waals surface area (Å²) in [6.45, 7) is 0. The first-order valence-corrected chi connectivity index (χ1v) is 19.5. The lowest BCUT2D eigenvalue weighted by molar-refractivity contribution is 0.623. The van der Waals surface area contributed by atoms with E-state index in [1.807, 2.05) is 48.5 Å². The molecule has 0 N–H and O–H groups in total. The predicted molar refractivity (Wildman–Crippen MR) is 239 cm³/mol. The van der Waals surface area contributed by atoms with Crippen LogP contribution in [0, 0.1) is 0 Å². The maximum atomic E-state index is 6.42. The first-order chi connectivity index (χ1) is 28.7. The summed E-state index contributed by atoms with van der Waals surface area (Å²) in [4.78, 5) is 7.18. The molecule has 0 aliphatic rings. The summed E-state index contributed by atoms with van der Waals surface area (Å²) < 4.78 is 15.0. The number of oxazole rings is 1. The molecule has 0 unspecified atom stereocenters. The second-order valence-corrected chi connectivity index (χ2v) is 14.8. The number of fused-ring (bicyclic) bond motifs is 9. The van der Waals surface area contributed by atoms with Gasteiger partial charge in [0.1, 0.15) is 16.7 Å². The Morgan fingerprint density at radius 3 is 1.88 bits per heavy atom. The molecule has 272 valence electrons. The minimum atomic E-state index is 0.627. The number of aromatic nitrogens is 2. The lowest BCUT2D eigenvalue weighted by Gasteiger charge is -2.26. The average Bonchev–Trinajstić information content (AvgIpc) is 3.99. The van der Waals surface area contributed by atoms with Crippen LogP contribution in [0.15, 0.2) is 209 Å². The van der Waals surface area contributed by atoms with Crippen molar-refractivity contribution in [3.63, 3.8) is 0 Å². The maximum Gasteiger partial charge on any atom is 0.227 e. The molecule has 0 aliphatic carbocycles. The van der Waals surface area contributed by atoms with E-state index in [-0.39, 0.29) is 0 Å². The van der Waals surface area contributed by atoms with Crippen molar-refractivity contribution in [2.45, 2.75) is 0 Å². The van der Waals surface area contributed by atoms with E-state index >= 15 is 0 Å². The predicted octanol–water partition coefficient (Wildman–Crippen LogP) is 14.8. The zero-order valence-corrected chi connectivity index (χ0v) is 31.2. The molecular formula is C53H33N3O2. The molecule has 3 heterocycles. The van der Waals surface area contributed by atoms with Gasteiger partial charge >= 0.3 is 0 Å². The van der Waals surface area contributed by atoms with Crippen molar-refractivity contribution in [1.29, 1.82) is 0 Å². The number of hydrogen-bond acceptors (Lipinski definition) is 4. The van der Waals surface area contributed by atoms with Gasteiger partial charge in [0.05, 0.1) is 11.0 Å². The zero-order valence-electron chi connectivity index (χ0n) is 31.2. The summed E-state index contributed by atoms with van der Waals surface area (Å²) in [5.41, 5.74) is 13.2. The minimum absolute atomic E-state index is 0.627. The lowest BCUT2D eigenvalue weighted by atomic mass is 10.00. The zero-order chi connectivity index (χ0) is 38.2. The lowest BCUT2D eigenvalue weighted by Crippen LogP contribution is -2.09. The van der Waals surface area contributed by atoms with Crippen LogP contribution in [-0.4, -0.2) is 9.55 Å². The van der Waals surface area contributed by atoms with Crippen molar-refractivity contribution in [2.24, 2.45) is 0 Å². The van der Waals surface area contributed by atoms with E-state index < -0.39 is 0 Å². The highest BCUT2D eigenvalue weighted by molar-refractivity contribution is 6.11. The summed E-state index contributed by atoms with van der Waals surface area (Å²) >= 11 is 0. The van der Waals surface area contributed by atoms with Gasteiger partial charge in [-0.15, -0.1) is 0 Å². The first-order valence-electron chi connectivity index (χ1n) is 19.5. The Balaban J connectivity index is 1.00. The third-order valence-electron chi connectivity index (χ3n) is 11.4. The molecule has 3 aromatic heterocycles. The second-order valence-electron chi connectivity index (χ2n) is 14.8. The van der Waals surface area contributed by atoms with Crippen LogP contribution >= 0.6 is 0 Å². The average molecular weight is 744 g/mol. The highest BCUT2D eigenvalue weighted by Crippen LogP contribution is 2.42. The summed E-state index contributed by atoms with van der Waals surface area (Å²) in [5.74, 6) is 0.627. The molecule has 58 heavy (non-hydrogen) atoms. The van der Waals surface area contributed by atoms with Crippen LogP contribution in [0.5, 0.6) is 0 Å². The van der Waals surface area contributed by atoms with E-state index in [2.05, 4.69) is 161 Å². The van der Waals surface area contributed by atoms with E-state index in [0.29, 0.717) is 5.89 Å². The van der Waals surface area contributed by atoms with Crippen LogP contribution in [0.4, 0.5) is 17.1 Å². The molecule has 0 saturated heterocycles. The van der Waals surface area contributed by atoms with Crippen LogP contribution < -0.4 is 4.90 Å². The molecular weight excluding hydrogens is 711 g/mol. The number of anilines is 3. The minimum Gasteiger partial charge on any atom is -0.456 e. The molecule has 5 nitrogen and oxygen atoms in total. The summed E-state index contributed by atoms with van der Waals surface area (Å²) in [5, 5.41) is 6.74. The Kier molecular flexibility index (Phi) is 7.16. The van der Waals surface area contributed by atoms with Crippen molar-refractivity contribution < 1.29 is 8.83 Å². The molecule has 0 aliphatic heterocycles. The highest BCUT2D eigenvalue weighted by atomic mass is 16.3. The molecule has 9 aromatic carbocycles. The molecule has 12 aromatic rings. The van der Waals surface area contributed by atoms with Crippen molar-refractivity contribution in [3.05, 3.63) is 200 Å². The van der Waals surface area contributed by atoms with Crippen LogP contribution in [0.1, 0.15) is 0 Å². The number of hydrogen-bond donors (Lipinski definition) is 0. The monoisotopic (exact) mass is 743 g/mol. The Morgan fingerprint density at radius 1 is 0.397 bits per heavy atom. The fourth-order valence-electron chi connectivity index (χ4n) is 8.65. The molecule has 0 fully saturated rings. The van der Waals surface area contributed by atoms with Gasteiger partial charge in [-0.05, 0) is 114 Å². The molecule has 0 saturated carbocycles. The SMILES string of the molecule is c1ccc(-c2nc3ccc4ccc(-c5ccc(N(c6ccc7oc8ccccc8c7c6)c6ccc7c(c6)c6ccccc6n7-c6ccccc6)cc5)cc4c3o2)cc1. The van der Waals surface area contributed by atoms with E-state index in [9.17, 15) is 0 Å². The smallest absolute Gasteiger partial charge is 0.227 e. The largest absolute Gasteiger partial charge is 0.456 e. The standard InChI is InChI=1S/C53H33N3O2/c1-3-11-36(12-4-1)53-54-47-28-23-35-19-20-37(31-44(35)52(47)58-53)34-21-24-39(25-22-34)55(41-27-30-51-46(33-41)43-16-8-10-18-50(43)57-51)40-26-29-49-45(32-40)42-15-7-9-17-48(42)56(49)38-13-5-2-6-14-38/h1-33H. The fourth-order valence-corrected chi connectivity index (χ4v) is 8.65. The van der Waals surface area contributed by atoms with Crippen molar-refractivity contribution >= 4 is 82.7 Å². The molecule has 12 rings (SSSR count). The van der Waals surface area contributed by atoms with Gasteiger partial charge in [-0.1, -0.05) is 103 Å². The van der Waals surface area contributed by atoms with Crippen molar-refractivity contribution in [2.75, 3.05) is 4.90 Å². The number of furan rings is 1. The molecule has 0 atom stereocenters. The van der Waals surface area contributed by atoms with Crippen molar-refractivity contribution in [3.8, 4) is 28.3 Å². The van der Waals surface area contributed by atoms with Gasteiger partial charge in [0.15, 0.2) is 5.58 Å². The second kappa shape index (κ2) is 12.8. The van der Waals surface area contributed by atoms with Crippen molar-refractivity contribution in [1.82, 2.24) is 9.55 Å². The molecule has 0 spiro atoms. The fraction of sp³-hybridized carbons (Fsp3) is 0. The first kappa shape index (κ1) is 32.4. The van der Waals surface area contributed by atoms with Gasteiger partial charge in [0, 0.05) is 55.2 Å². The van der Waals surface area contributed by atoms with Gasteiger partial charge in [0.2, 0.25) is 5.89 Å². The van der Waals surface area contributed by atoms with E-state index in [1.54, 1.807) is 0 Å². The normalized spacial score (nSPS) is 11.8. The quantitative estimate of drug-likeness (QED) is 0.170. The van der Waals surface area contributed by atoms with Gasteiger partial charge < -0.3 is 18.3 Å². The van der Waals surface area contributed by atoms with Gasteiger partial charge in [-0.2, -0.15) is 0 Å². The van der Waals surface area contributed by atoms with Crippen LogP contribution in [0.25, 0.3) is 93.9 Å². The Bertz CT molecular complexity index is 3510. The third kappa shape index (κ3) is 5.14. The summed E-state index contributed by atoms with van der Waals surface area (Å²) in [6.07, 6.45) is 0. The Labute approximate surface area is 333 Å². The summed E-state index contributed by atoms with van der Waals surface area (Å²) in [6, 6.07) is 70.5. The van der Waals surface area contributed by atoms with Gasteiger partial charge in [-0.25, -0.2) is 4.98 Å². The Morgan fingerprint density at radius 2 is 1.03 bits per heavy atom. The molecule has 5 heteroatoms. The van der Waals surface area contributed by atoms with Crippen LogP contribution in [-0.2, 0) is 0 Å². The molecule has 0 radical (unpaired) electrons. The van der Waals surface area contributed by atoms with E-state index in [4.69, 9.17) is 13.8 Å². The van der Waals surface area contributed by atoms with Crippen LogP contribution in [0.2, 0.25) is 0 Å². The third-order valence-corrected chi connectivity index (χ3v) is 11.4. The van der Waals surface area contributed by atoms with E-state index in [0.717, 1.165) is 88.8 Å². The summed E-state index contributed by atoms with van der Waals surface area (Å²) in [7, 11) is 0. The Hall–Kier alpha value is -7.89. The maximum absolute atomic E-state index is 6.42. The van der Waals surface area contributed by atoms with E-state index in [1.165, 1.54) is 16.3 Å². The number of benzene rings is 9. The molecule has 0 amide bonds. The number of nitrogens with zero attached hydrogens (tertiary/aromatic N) is 3. The topological polar surface area (TPSA) is 47.3 Å².